The van der Waals surface area contributed by atoms with Gasteiger partial charge in [0.05, 0.1) is 20.2 Å². The lowest BCUT2D eigenvalue weighted by atomic mass is 10.1. The molecule has 0 bridgehead atoms. The molecule has 0 aromatic carbocycles. The fraction of sp³-hybridized carbons (Fsp3) is 0.533. The second-order valence-electron chi connectivity index (χ2n) is 5.04. The normalized spacial score (nSPS) is 12.8. The van der Waals surface area contributed by atoms with E-state index in [0.717, 1.165) is 46.0 Å². The van der Waals surface area contributed by atoms with Crippen LogP contribution in [0.5, 0.6) is 0 Å². The van der Waals surface area contributed by atoms with Crippen molar-refractivity contribution in [2.24, 2.45) is 7.05 Å². The van der Waals surface area contributed by atoms with E-state index < -0.39 is 0 Å². The Labute approximate surface area is 143 Å². The lowest BCUT2D eigenvalue weighted by Crippen LogP contribution is -2.24. The van der Waals surface area contributed by atoms with Gasteiger partial charge in [-0.2, -0.15) is 5.10 Å². The largest absolute Gasteiger partial charge is 0.309 e. The first-order valence-electron chi connectivity index (χ1n) is 7.25. The number of nitrogens with zero attached hydrogens (tertiary/aromatic N) is 2. The Hall–Kier alpha value is -0.360. The Morgan fingerprint density at radius 2 is 2.19 bits per heavy atom. The summed E-state index contributed by atoms with van der Waals surface area (Å²) in [6.07, 6.45) is 2.84. The Balaban J connectivity index is 2.24. The lowest BCUT2D eigenvalue weighted by Gasteiger charge is -2.17. The van der Waals surface area contributed by atoms with Gasteiger partial charge in [0.1, 0.15) is 0 Å². The molecule has 6 heteroatoms. The Morgan fingerprint density at radius 3 is 2.71 bits per heavy atom. The van der Waals surface area contributed by atoms with Gasteiger partial charge in [-0.15, -0.1) is 11.3 Å². The Bertz CT molecular complexity index is 594. The van der Waals surface area contributed by atoms with Gasteiger partial charge < -0.3 is 5.32 Å². The molecule has 1 atom stereocenters. The minimum absolute atomic E-state index is 0.277. The summed E-state index contributed by atoms with van der Waals surface area (Å²) < 4.78 is 3.08. The lowest BCUT2D eigenvalue weighted by molar-refractivity contribution is 0.519. The highest BCUT2D eigenvalue weighted by molar-refractivity contribution is 9.11. The molecule has 0 aliphatic carbocycles. The highest BCUT2D eigenvalue weighted by Crippen LogP contribution is 2.31. The fourth-order valence-corrected chi connectivity index (χ4v) is 4.21. The zero-order valence-electron chi connectivity index (χ0n) is 12.6. The zero-order valence-corrected chi connectivity index (χ0v) is 15.8. The SMILES string of the molecule is CCCNC(Cc1c(Cl)c(CC)nn1C)c1ccc(Br)s1. The van der Waals surface area contributed by atoms with E-state index in [1.807, 2.05) is 11.7 Å². The second kappa shape index (κ2) is 7.77. The third-order valence-electron chi connectivity index (χ3n) is 3.48. The van der Waals surface area contributed by atoms with Crippen LogP contribution in [0.25, 0.3) is 0 Å². The summed E-state index contributed by atoms with van der Waals surface area (Å²) in [5.74, 6) is 0. The van der Waals surface area contributed by atoms with Crippen molar-refractivity contribution in [1.82, 2.24) is 15.1 Å². The number of rotatable bonds is 7. The van der Waals surface area contributed by atoms with Crippen molar-refractivity contribution >= 4 is 38.9 Å². The van der Waals surface area contributed by atoms with E-state index in [1.54, 1.807) is 11.3 Å². The van der Waals surface area contributed by atoms with Crippen LogP contribution >= 0.6 is 38.9 Å². The van der Waals surface area contributed by atoms with Crippen molar-refractivity contribution in [3.05, 3.63) is 37.2 Å². The average molecular weight is 391 g/mol. The van der Waals surface area contributed by atoms with Crippen LogP contribution in [0.2, 0.25) is 5.02 Å². The summed E-state index contributed by atoms with van der Waals surface area (Å²) in [5.41, 5.74) is 2.09. The summed E-state index contributed by atoms with van der Waals surface area (Å²) in [6, 6.07) is 4.55. The van der Waals surface area contributed by atoms with Gasteiger partial charge in [0, 0.05) is 24.4 Å². The Morgan fingerprint density at radius 1 is 1.43 bits per heavy atom. The molecule has 1 N–H and O–H groups in total. The van der Waals surface area contributed by atoms with E-state index >= 15 is 0 Å². The number of hydrogen-bond acceptors (Lipinski definition) is 3. The highest BCUT2D eigenvalue weighted by atomic mass is 79.9. The van der Waals surface area contributed by atoms with Crippen LogP contribution in [0.15, 0.2) is 15.9 Å². The zero-order chi connectivity index (χ0) is 15.4. The number of nitrogens with one attached hydrogen (secondary N) is 1. The molecule has 2 aromatic rings. The topological polar surface area (TPSA) is 29.9 Å². The van der Waals surface area contributed by atoms with Gasteiger partial charge in [0.25, 0.3) is 0 Å². The fourth-order valence-electron chi connectivity index (χ4n) is 2.34. The molecule has 2 heterocycles. The number of hydrogen-bond donors (Lipinski definition) is 1. The quantitative estimate of drug-likeness (QED) is 0.739. The molecule has 116 valence electrons. The second-order valence-corrected chi connectivity index (χ2v) is 7.91. The molecule has 0 saturated heterocycles. The molecule has 21 heavy (non-hydrogen) atoms. The van der Waals surface area contributed by atoms with Crippen LogP contribution in [0.3, 0.4) is 0 Å². The predicted molar refractivity (Wildman–Crippen MR) is 94.4 cm³/mol. The van der Waals surface area contributed by atoms with Crippen molar-refractivity contribution < 1.29 is 0 Å². The molecule has 0 amide bonds. The third kappa shape index (κ3) is 4.09. The van der Waals surface area contributed by atoms with Crippen molar-refractivity contribution in [3.8, 4) is 0 Å². The molecular weight excluding hydrogens is 370 g/mol. The summed E-state index contributed by atoms with van der Waals surface area (Å²) in [4.78, 5) is 1.32. The van der Waals surface area contributed by atoms with E-state index in [2.05, 4.69) is 52.3 Å². The molecule has 2 aromatic heterocycles. The van der Waals surface area contributed by atoms with Crippen LogP contribution in [0.1, 0.15) is 42.6 Å². The molecule has 0 aliphatic heterocycles. The molecule has 0 spiro atoms. The van der Waals surface area contributed by atoms with Crippen molar-refractivity contribution in [2.75, 3.05) is 6.54 Å². The van der Waals surface area contributed by atoms with Gasteiger partial charge in [-0.1, -0.05) is 25.4 Å². The maximum atomic E-state index is 6.48. The van der Waals surface area contributed by atoms with Crippen LogP contribution in [-0.4, -0.2) is 16.3 Å². The smallest absolute Gasteiger partial charge is 0.0850 e. The van der Waals surface area contributed by atoms with Gasteiger partial charge in [-0.3, -0.25) is 4.68 Å². The van der Waals surface area contributed by atoms with E-state index in [-0.39, 0.29) is 6.04 Å². The number of thiophene rings is 1. The van der Waals surface area contributed by atoms with E-state index in [9.17, 15) is 0 Å². The number of aromatic nitrogens is 2. The molecule has 3 nitrogen and oxygen atoms in total. The maximum absolute atomic E-state index is 6.48. The summed E-state index contributed by atoms with van der Waals surface area (Å²) in [7, 11) is 1.97. The predicted octanol–water partition coefficient (Wildman–Crippen LogP) is 4.74. The Kier molecular flexibility index (Phi) is 6.29. The molecule has 0 saturated carbocycles. The van der Waals surface area contributed by atoms with Gasteiger partial charge in [-0.25, -0.2) is 0 Å². The average Bonchev–Trinajstić information content (AvgIpc) is 3.00. The van der Waals surface area contributed by atoms with Crippen molar-refractivity contribution in [3.63, 3.8) is 0 Å². The molecule has 1 unspecified atom stereocenters. The molecule has 0 aliphatic rings. The first kappa shape index (κ1) is 17.0. The van der Waals surface area contributed by atoms with E-state index in [1.165, 1.54) is 4.88 Å². The molecule has 0 radical (unpaired) electrons. The standard InChI is InChI=1S/C15H21BrClN3S/c1-4-8-18-11(13-6-7-14(16)21-13)9-12-15(17)10(5-2)19-20(12)3/h6-7,11,18H,4-5,8-9H2,1-3H3. The van der Waals surface area contributed by atoms with Gasteiger partial charge in [-0.05, 0) is 47.4 Å². The van der Waals surface area contributed by atoms with Crippen LogP contribution in [0.4, 0.5) is 0 Å². The van der Waals surface area contributed by atoms with Gasteiger partial charge in [0.2, 0.25) is 0 Å². The molecular formula is C15H21BrClN3S. The van der Waals surface area contributed by atoms with Crippen LogP contribution < -0.4 is 5.32 Å². The minimum Gasteiger partial charge on any atom is -0.309 e. The first-order valence-corrected chi connectivity index (χ1v) is 9.24. The summed E-state index contributed by atoms with van der Waals surface area (Å²) in [6.45, 7) is 5.26. The summed E-state index contributed by atoms with van der Waals surface area (Å²) >= 11 is 11.8. The monoisotopic (exact) mass is 389 g/mol. The molecule has 0 fully saturated rings. The minimum atomic E-state index is 0.277. The van der Waals surface area contributed by atoms with Crippen molar-refractivity contribution in [1.29, 1.82) is 0 Å². The number of aryl methyl sites for hydroxylation is 2. The maximum Gasteiger partial charge on any atom is 0.0850 e. The van der Waals surface area contributed by atoms with Gasteiger partial charge >= 0.3 is 0 Å². The van der Waals surface area contributed by atoms with Crippen LogP contribution in [-0.2, 0) is 19.9 Å². The molecule has 2 rings (SSSR count). The number of halogens is 2. The van der Waals surface area contributed by atoms with Gasteiger partial charge in [0.15, 0.2) is 0 Å². The van der Waals surface area contributed by atoms with E-state index in [4.69, 9.17) is 11.6 Å². The van der Waals surface area contributed by atoms with E-state index in [0.29, 0.717) is 0 Å². The first-order chi connectivity index (χ1) is 10.1. The third-order valence-corrected chi connectivity index (χ3v) is 5.65. The van der Waals surface area contributed by atoms with Crippen molar-refractivity contribution in [2.45, 2.75) is 39.2 Å². The highest BCUT2D eigenvalue weighted by Gasteiger charge is 2.20. The summed E-state index contributed by atoms with van der Waals surface area (Å²) in [5, 5.41) is 8.95. The van der Waals surface area contributed by atoms with Crippen LogP contribution in [0, 0.1) is 0 Å².